The fourth-order valence-corrected chi connectivity index (χ4v) is 4.37. The van der Waals surface area contributed by atoms with Crippen molar-refractivity contribution in [2.75, 3.05) is 26.2 Å². The third-order valence-corrected chi connectivity index (χ3v) is 6.51. The van der Waals surface area contributed by atoms with Crippen molar-refractivity contribution in [1.82, 2.24) is 20.4 Å². The van der Waals surface area contributed by atoms with Crippen LogP contribution >= 0.6 is 0 Å². The summed E-state index contributed by atoms with van der Waals surface area (Å²) >= 11 is 0. The van der Waals surface area contributed by atoms with Crippen molar-refractivity contribution in [3.63, 3.8) is 0 Å². The molecule has 166 valence electrons. The number of nitrogens with one attached hydrogen (secondary N) is 2. The number of aromatic nitrogens is 2. The van der Waals surface area contributed by atoms with Crippen molar-refractivity contribution in [3.8, 4) is 0 Å². The first kappa shape index (κ1) is 20.8. The van der Waals surface area contributed by atoms with Gasteiger partial charge in [0.05, 0.1) is 16.6 Å². The van der Waals surface area contributed by atoms with Crippen molar-refractivity contribution < 1.29 is 9.18 Å². The number of rotatable bonds is 8. The fraction of sp³-hybridized carbons (Fsp3) is 0.400. The van der Waals surface area contributed by atoms with Gasteiger partial charge in [0.1, 0.15) is 5.82 Å². The van der Waals surface area contributed by atoms with Crippen molar-refractivity contribution in [2.24, 2.45) is 11.8 Å². The van der Waals surface area contributed by atoms with Crippen molar-refractivity contribution in [1.29, 1.82) is 0 Å². The molecule has 5 rings (SSSR count). The first-order chi connectivity index (χ1) is 15.6. The van der Waals surface area contributed by atoms with E-state index in [1.165, 1.54) is 18.9 Å². The molecule has 1 saturated heterocycles. The minimum absolute atomic E-state index is 0.0986. The van der Waals surface area contributed by atoms with E-state index in [-0.39, 0.29) is 17.0 Å². The molecule has 2 aliphatic rings. The van der Waals surface area contributed by atoms with E-state index in [1.54, 1.807) is 29.2 Å². The van der Waals surface area contributed by atoms with Gasteiger partial charge in [-0.3, -0.25) is 9.59 Å². The van der Waals surface area contributed by atoms with E-state index in [0.29, 0.717) is 36.5 Å². The van der Waals surface area contributed by atoms with E-state index >= 15 is 0 Å². The molecular formula is C25H27FN4O2. The molecular weight excluding hydrogens is 407 g/mol. The molecule has 0 atom stereocenters. The van der Waals surface area contributed by atoms with Crippen LogP contribution in [-0.4, -0.2) is 47.2 Å². The van der Waals surface area contributed by atoms with E-state index in [4.69, 9.17) is 0 Å². The lowest BCUT2D eigenvalue weighted by molar-refractivity contribution is 0.0481. The Morgan fingerprint density at radius 3 is 2.69 bits per heavy atom. The highest BCUT2D eigenvalue weighted by Crippen LogP contribution is 2.28. The fourth-order valence-electron chi connectivity index (χ4n) is 4.37. The van der Waals surface area contributed by atoms with Gasteiger partial charge < -0.3 is 10.2 Å². The highest BCUT2D eigenvalue weighted by atomic mass is 19.1. The molecule has 1 aromatic heterocycles. The Balaban J connectivity index is 1.24. The van der Waals surface area contributed by atoms with Crippen molar-refractivity contribution in [3.05, 3.63) is 75.5 Å². The van der Waals surface area contributed by atoms with Gasteiger partial charge in [0.25, 0.3) is 11.5 Å². The molecule has 0 radical (unpaired) electrons. The number of likely N-dealkylation sites (tertiary alicyclic amines) is 1. The molecule has 1 aliphatic carbocycles. The second-order valence-corrected chi connectivity index (χ2v) is 9.05. The van der Waals surface area contributed by atoms with Crippen LogP contribution in [-0.2, 0) is 6.42 Å². The highest BCUT2D eigenvalue weighted by Gasteiger charge is 2.32. The second kappa shape index (κ2) is 8.82. The third-order valence-electron chi connectivity index (χ3n) is 6.51. The quantitative estimate of drug-likeness (QED) is 0.534. The molecule has 2 aromatic carbocycles. The minimum atomic E-state index is -0.507. The predicted octanol–water partition coefficient (Wildman–Crippen LogP) is 3.11. The summed E-state index contributed by atoms with van der Waals surface area (Å²) in [5, 5.41) is 11.5. The van der Waals surface area contributed by atoms with Crippen LogP contribution in [0, 0.1) is 17.7 Å². The van der Waals surface area contributed by atoms with Gasteiger partial charge in [0.2, 0.25) is 0 Å². The zero-order valence-corrected chi connectivity index (χ0v) is 17.9. The maximum atomic E-state index is 14.5. The summed E-state index contributed by atoms with van der Waals surface area (Å²) in [5.74, 6) is 0.584. The summed E-state index contributed by atoms with van der Waals surface area (Å²) in [6.45, 7) is 3.44. The average Bonchev–Trinajstić information content (AvgIpc) is 3.60. The largest absolute Gasteiger partial charge is 0.338 e. The number of aromatic amines is 1. The summed E-state index contributed by atoms with van der Waals surface area (Å²) in [7, 11) is 0. The molecule has 32 heavy (non-hydrogen) atoms. The Morgan fingerprint density at radius 2 is 1.91 bits per heavy atom. The zero-order valence-electron chi connectivity index (χ0n) is 17.9. The molecule has 3 aromatic rings. The molecule has 2 fully saturated rings. The molecule has 0 unspecified atom stereocenters. The van der Waals surface area contributed by atoms with Gasteiger partial charge in [-0.1, -0.05) is 24.3 Å². The number of carbonyl (C=O) groups is 1. The second-order valence-electron chi connectivity index (χ2n) is 9.05. The summed E-state index contributed by atoms with van der Waals surface area (Å²) in [4.78, 5) is 26.6. The Hall–Kier alpha value is -3.06. The van der Waals surface area contributed by atoms with Gasteiger partial charge in [-0.05, 0) is 68.0 Å². The number of carbonyl (C=O) groups excluding carboxylic acids is 1. The molecule has 2 heterocycles. The SMILES string of the molecule is O=C(c1cc(Cc2n[nH]c(=O)c3ccccc23)ccc1F)N1CC(CCNCC2CC2)C1. The van der Waals surface area contributed by atoms with E-state index in [1.807, 2.05) is 12.1 Å². The normalized spacial score (nSPS) is 16.3. The van der Waals surface area contributed by atoms with E-state index in [0.717, 1.165) is 36.4 Å². The number of halogens is 1. The maximum Gasteiger partial charge on any atom is 0.272 e. The van der Waals surface area contributed by atoms with E-state index in [2.05, 4.69) is 15.5 Å². The van der Waals surface area contributed by atoms with Crippen LogP contribution in [0.15, 0.2) is 47.3 Å². The van der Waals surface area contributed by atoms with Crippen LogP contribution in [0.5, 0.6) is 0 Å². The topological polar surface area (TPSA) is 78.1 Å². The Morgan fingerprint density at radius 1 is 1.12 bits per heavy atom. The molecule has 1 amide bonds. The van der Waals surface area contributed by atoms with Gasteiger partial charge >= 0.3 is 0 Å². The monoisotopic (exact) mass is 434 g/mol. The lowest BCUT2D eigenvalue weighted by Gasteiger charge is -2.39. The highest BCUT2D eigenvalue weighted by molar-refractivity contribution is 5.95. The predicted molar refractivity (Wildman–Crippen MR) is 121 cm³/mol. The van der Waals surface area contributed by atoms with Crippen LogP contribution < -0.4 is 10.9 Å². The van der Waals surface area contributed by atoms with Gasteiger partial charge in [0.15, 0.2) is 0 Å². The van der Waals surface area contributed by atoms with E-state index in [9.17, 15) is 14.0 Å². The lowest BCUT2D eigenvalue weighted by atomic mass is 9.94. The van der Waals surface area contributed by atoms with Crippen LogP contribution in [0.3, 0.4) is 0 Å². The first-order valence-electron chi connectivity index (χ1n) is 11.3. The smallest absolute Gasteiger partial charge is 0.272 e. The number of amides is 1. The number of hydrogen-bond donors (Lipinski definition) is 2. The first-order valence-corrected chi connectivity index (χ1v) is 11.3. The maximum absolute atomic E-state index is 14.5. The average molecular weight is 435 g/mol. The summed E-state index contributed by atoms with van der Waals surface area (Å²) < 4.78 is 14.5. The molecule has 1 saturated carbocycles. The Kier molecular flexibility index (Phi) is 5.74. The van der Waals surface area contributed by atoms with Crippen LogP contribution in [0.1, 0.15) is 40.9 Å². The van der Waals surface area contributed by atoms with E-state index < -0.39 is 5.82 Å². The minimum Gasteiger partial charge on any atom is -0.338 e. The van der Waals surface area contributed by atoms with Gasteiger partial charge in [-0.2, -0.15) is 5.10 Å². The van der Waals surface area contributed by atoms with Crippen molar-refractivity contribution >= 4 is 16.7 Å². The molecule has 2 N–H and O–H groups in total. The standard InChI is InChI=1S/C25H27FN4O2/c26-22-8-7-17(12-23-19-3-1-2-4-20(19)24(31)29-28-23)11-21(22)25(32)30-14-18(15-30)9-10-27-13-16-5-6-16/h1-4,7-8,11,16,18,27H,5-6,9-10,12-15H2,(H,29,31). The molecule has 7 heteroatoms. The number of nitrogens with zero attached hydrogens (tertiary/aromatic N) is 2. The third kappa shape index (κ3) is 4.43. The number of H-pyrrole nitrogens is 1. The summed E-state index contributed by atoms with van der Waals surface area (Å²) in [6.07, 6.45) is 4.13. The van der Waals surface area contributed by atoms with Gasteiger partial charge in [-0.25, -0.2) is 9.49 Å². The Bertz CT molecular complexity index is 1200. The molecule has 1 aliphatic heterocycles. The Labute approximate surface area is 185 Å². The molecule has 6 nitrogen and oxygen atoms in total. The van der Waals surface area contributed by atoms with Crippen LogP contribution in [0.2, 0.25) is 0 Å². The van der Waals surface area contributed by atoms with Crippen molar-refractivity contribution in [2.45, 2.75) is 25.7 Å². The van der Waals surface area contributed by atoms with Crippen LogP contribution in [0.4, 0.5) is 4.39 Å². The van der Waals surface area contributed by atoms with Gasteiger partial charge in [-0.15, -0.1) is 0 Å². The zero-order chi connectivity index (χ0) is 22.1. The number of hydrogen-bond acceptors (Lipinski definition) is 4. The summed E-state index contributed by atoms with van der Waals surface area (Å²) in [5.41, 5.74) is 1.32. The van der Waals surface area contributed by atoms with Crippen LogP contribution in [0.25, 0.3) is 10.8 Å². The number of benzene rings is 2. The lowest BCUT2D eigenvalue weighted by Crippen LogP contribution is -2.50. The van der Waals surface area contributed by atoms with Gasteiger partial charge in [0, 0.05) is 24.9 Å². The summed E-state index contributed by atoms with van der Waals surface area (Å²) in [6, 6.07) is 11.9. The molecule has 0 bridgehead atoms. The molecule has 0 spiro atoms. The number of fused-ring (bicyclic) bond motifs is 1.